The number of carbonyl (C=O) groups is 3. The summed E-state index contributed by atoms with van der Waals surface area (Å²) in [6, 6.07) is 15.1. The molecule has 8 nitrogen and oxygen atoms in total. The third kappa shape index (κ3) is 6.89. The molecule has 0 radical (unpaired) electrons. The first-order valence-electron chi connectivity index (χ1n) is 12.9. The SMILES string of the molecule is CC(C)(C)OC(=O)CN1CCC(CC(NC(=O)OCC2c3ccccc3-c3ccccc32)C(=O)O)CC1. The number of hydrogen-bond donors (Lipinski definition) is 2. The number of alkyl carbamates (subject to hydrolysis) is 1. The molecule has 1 aliphatic heterocycles. The predicted octanol–water partition coefficient (Wildman–Crippen LogP) is 4.42. The third-order valence-electron chi connectivity index (χ3n) is 6.98. The average molecular weight is 509 g/mol. The number of carboxylic acids is 1. The number of hydrogen-bond acceptors (Lipinski definition) is 6. The second kappa shape index (κ2) is 11.3. The van der Waals surface area contributed by atoms with Crippen LogP contribution in [0.4, 0.5) is 4.79 Å². The lowest BCUT2D eigenvalue weighted by Crippen LogP contribution is -2.45. The van der Waals surface area contributed by atoms with Crippen LogP contribution < -0.4 is 5.32 Å². The van der Waals surface area contributed by atoms with Gasteiger partial charge in [-0.05, 0) is 81.3 Å². The molecule has 1 atom stereocenters. The number of rotatable bonds is 8. The maximum Gasteiger partial charge on any atom is 0.407 e. The number of aliphatic carboxylic acids is 1. The quantitative estimate of drug-likeness (QED) is 0.509. The van der Waals surface area contributed by atoms with Crippen LogP contribution in [0.15, 0.2) is 48.5 Å². The molecule has 2 N–H and O–H groups in total. The van der Waals surface area contributed by atoms with Crippen molar-refractivity contribution in [3.63, 3.8) is 0 Å². The summed E-state index contributed by atoms with van der Waals surface area (Å²) < 4.78 is 10.9. The number of amides is 1. The van der Waals surface area contributed by atoms with Crippen molar-refractivity contribution in [1.29, 1.82) is 0 Å². The topological polar surface area (TPSA) is 105 Å². The highest BCUT2D eigenvalue weighted by atomic mass is 16.6. The Balaban J connectivity index is 1.27. The van der Waals surface area contributed by atoms with E-state index < -0.39 is 23.7 Å². The van der Waals surface area contributed by atoms with Crippen LogP contribution in [0.2, 0.25) is 0 Å². The van der Waals surface area contributed by atoms with E-state index in [4.69, 9.17) is 9.47 Å². The minimum absolute atomic E-state index is 0.0873. The molecule has 2 aromatic rings. The zero-order valence-corrected chi connectivity index (χ0v) is 21.7. The molecule has 37 heavy (non-hydrogen) atoms. The fourth-order valence-electron chi connectivity index (χ4n) is 5.27. The van der Waals surface area contributed by atoms with Gasteiger partial charge in [-0.15, -0.1) is 0 Å². The lowest BCUT2D eigenvalue weighted by Gasteiger charge is -2.33. The van der Waals surface area contributed by atoms with E-state index in [2.05, 4.69) is 17.4 Å². The molecule has 0 bridgehead atoms. The molecular formula is C29H36N2O6. The van der Waals surface area contributed by atoms with Gasteiger partial charge in [0.05, 0.1) is 6.54 Å². The maximum atomic E-state index is 12.6. The van der Waals surface area contributed by atoms with Crippen molar-refractivity contribution in [1.82, 2.24) is 10.2 Å². The molecule has 0 spiro atoms. The van der Waals surface area contributed by atoms with Crippen LogP contribution >= 0.6 is 0 Å². The number of carbonyl (C=O) groups excluding carboxylic acids is 2. The van der Waals surface area contributed by atoms with Gasteiger partial charge in [0.1, 0.15) is 18.2 Å². The summed E-state index contributed by atoms with van der Waals surface area (Å²) in [4.78, 5) is 38.6. The van der Waals surface area contributed by atoms with E-state index in [-0.39, 0.29) is 31.0 Å². The molecule has 1 saturated heterocycles. The van der Waals surface area contributed by atoms with Crippen molar-refractivity contribution in [3.05, 3.63) is 59.7 Å². The molecule has 1 amide bonds. The van der Waals surface area contributed by atoms with Gasteiger partial charge in [0.25, 0.3) is 0 Å². The summed E-state index contributed by atoms with van der Waals surface area (Å²) in [5, 5.41) is 12.3. The molecule has 0 saturated carbocycles. The highest BCUT2D eigenvalue weighted by molar-refractivity contribution is 5.81. The number of likely N-dealkylation sites (tertiary alicyclic amines) is 1. The maximum absolute atomic E-state index is 12.6. The van der Waals surface area contributed by atoms with E-state index >= 15 is 0 Å². The van der Waals surface area contributed by atoms with Gasteiger partial charge in [0.15, 0.2) is 0 Å². The fourth-order valence-corrected chi connectivity index (χ4v) is 5.27. The summed E-state index contributed by atoms with van der Waals surface area (Å²) in [5.41, 5.74) is 3.95. The highest BCUT2D eigenvalue weighted by Gasteiger charge is 2.31. The van der Waals surface area contributed by atoms with Crippen molar-refractivity contribution in [3.8, 4) is 11.1 Å². The molecule has 2 aliphatic rings. The molecule has 8 heteroatoms. The number of esters is 1. The summed E-state index contributed by atoms with van der Waals surface area (Å²) in [6.45, 7) is 7.24. The minimum Gasteiger partial charge on any atom is -0.480 e. The van der Waals surface area contributed by atoms with Gasteiger partial charge >= 0.3 is 18.0 Å². The molecule has 1 unspecified atom stereocenters. The Morgan fingerprint density at radius 1 is 1.00 bits per heavy atom. The molecular weight excluding hydrogens is 472 g/mol. The normalized spacial score (nSPS) is 16.9. The van der Waals surface area contributed by atoms with Crippen LogP contribution in [0.1, 0.15) is 57.1 Å². The molecule has 0 aromatic heterocycles. The smallest absolute Gasteiger partial charge is 0.407 e. The number of piperidine rings is 1. The van der Waals surface area contributed by atoms with Gasteiger partial charge in [0, 0.05) is 5.92 Å². The van der Waals surface area contributed by atoms with Crippen LogP contribution in [-0.4, -0.2) is 65.9 Å². The van der Waals surface area contributed by atoms with Crippen LogP contribution in [0.25, 0.3) is 11.1 Å². The molecule has 1 aliphatic carbocycles. The predicted molar refractivity (Wildman–Crippen MR) is 139 cm³/mol. The van der Waals surface area contributed by atoms with Crippen molar-refractivity contribution >= 4 is 18.0 Å². The van der Waals surface area contributed by atoms with Crippen LogP contribution in [-0.2, 0) is 19.1 Å². The third-order valence-corrected chi connectivity index (χ3v) is 6.98. The number of nitrogens with one attached hydrogen (secondary N) is 1. The number of ether oxygens (including phenoxy) is 2. The average Bonchev–Trinajstić information content (AvgIpc) is 3.16. The van der Waals surface area contributed by atoms with Crippen molar-refractivity contribution in [2.24, 2.45) is 5.92 Å². The summed E-state index contributed by atoms with van der Waals surface area (Å²) in [6.07, 6.45) is 1.09. The van der Waals surface area contributed by atoms with E-state index in [1.165, 1.54) is 0 Å². The Morgan fingerprint density at radius 2 is 1.57 bits per heavy atom. The second-order valence-electron chi connectivity index (χ2n) is 10.9. The van der Waals surface area contributed by atoms with Crippen molar-refractivity contribution in [2.45, 2.75) is 57.6 Å². The molecule has 198 valence electrons. The Labute approximate surface area is 217 Å². The Bertz CT molecular complexity index is 1090. The van der Waals surface area contributed by atoms with Gasteiger partial charge in [-0.3, -0.25) is 9.69 Å². The van der Waals surface area contributed by atoms with Gasteiger partial charge < -0.3 is 19.9 Å². The first-order valence-corrected chi connectivity index (χ1v) is 12.9. The van der Waals surface area contributed by atoms with Gasteiger partial charge in [0.2, 0.25) is 0 Å². The molecule has 1 heterocycles. The van der Waals surface area contributed by atoms with Gasteiger partial charge in [-0.25, -0.2) is 9.59 Å². The van der Waals surface area contributed by atoms with E-state index in [9.17, 15) is 19.5 Å². The second-order valence-corrected chi connectivity index (χ2v) is 10.9. The van der Waals surface area contributed by atoms with E-state index in [1.807, 2.05) is 62.1 Å². The Hall–Kier alpha value is -3.39. The summed E-state index contributed by atoms with van der Waals surface area (Å²) in [5.74, 6) is -1.29. The number of nitrogens with zero attached hydrogens (tertiary/aromatic N) is 1. The standard InChI is InChI=1S/C29H36N2O6/c1-29(2,3)37-26(32)17-31-14-12-19(13-15-31)16-25(27(33)34)30-28(35)36-18-24-22-10-6-4-8-20(22)21-9-5-7-11-23(21)24/h4-11,19,24-25H,12-18H2,1-3H3,(H,30,35)(H,33,34). The molecule has 2 aromatic carbocycles. The monoisotopic (exact) mass is 508 g/mol. The number of carboxylic acid groups (broad SMARTS) is 1. The Morgan fingerprint density at radius 3 is 2.11 bits per heavy atom. The fraction of sp³-hybridized carbons (Fsp3) is 0.483. The summed E-state index contributed by atoms with van der Waals surface area (Å²) in [7, 11) is 0. The Kier molecular flexibility index (Phi) is 8.17. The molecule has 4 rings (SSSR count). The largest absolute Gasteiger partial charge is 0.480 e. The number of benzene rings is 2. The summed E-state index contributed by atoms with van der Waals surface area (Å²) >= 11 is 0. The number of fused-ring (bicyclic) bond motifs is 3. The van der Waals surface area contributed by atoms with Crippen LogP contribution in [0.3, 0.4) is 0 Å². The van der Waals surface area contributed by atoms with Crippen LogP contribution in [0, 0.1) is 5.92 Å². The zero-order chi connectivity index (χ0) is 26.6. The van der Waals surface area contributed by atoms with Crippen LogP contribution in [0.5, 0.6) is 0 Å². The zero-order valence-electron chi connectivity index (χ0n) is 21.7. The first-order chi connectivity index (χ1) is 17.6. The lowest BCUT2D eigenvalue weighted by atomic mass is 9.90. The van der Waals surface area contributed by atoms with E-state index in [0.29, 0.717) is 19.5 Å². The highest BCUT2D eigenvalue weighted by Crippen LogP contribution is 2.44. The first kappa shape index (κ1) is 26.7. The van der Waals surface area contributed by atoms with E-state index in [0.717, 1.165) is 35.1 Å². The van der Waals surface area contributed by atoms with Gasteiger partial charge in [-0.2, -0.15) is 0 Å². The molecule has 1 fully saturated rings. The van der Waals surface area contributed by atoms with E-state index in [1.54, 1.807) is 0 Å². The minimum atomic E-state index is -1.08. The van der Waals surface area contributed by atoms with Gasteiger partial charge in [-0.1, -0.05) is 48.5 Å². The van der Waals surface area contributed by atoms with Crippen molar-refractivity contribution in [2.75, 3.05) is 26.2 Å². The van der Waals surface area contributed by atoms with Crippen molar-refractivity contribution < 1.29 is 29.0 Å². The lowest BCUT2D eigenvalue weighted by molar-refractivity contribution is -0.156.